The summed E-state index contributed by atoms with van der Waals surface area (Å²) in [6.45, 7) is 4.96. The Morgan fingerprint density at radius 3 is 1.69 bits per heavy atom. The van der Waals surface area contributed by atoms with Crippen LogP contribution < -0.4 is 0 Å². The highest BCUT2D eigenvalue weighted by atomic mass is 17.2. The van der Waals surface area contributed by atoms with Gasteiger partial charge in [0.15, 0.2) is 0 Å². The predicted molar refractivity (Wildman–Crippen MR) is 122 cm³/mol. The predicted octanol–water partition coefficient (Wildman–Crippen LogP) is 8.21. The first-order valence-corrected chi connectivity index (χ1v) is 12.2. The molecular weight excluding hydrogens is 360 g/mol. The largest absolute Gasteiger partial charge is 0.373 e. The van der Waals surface area contributed by atoms with Crippen LogP contribution in [0.15, 0.2) is 24.3 Å². The molecule has 0 aliphatic carbocycles. The van der Waals surface area contributed by atoms with Crippen molar-refractivity contribution in [1.82, 2.24) is 0 Å². The second kappa shape index (κ2) is 18.7. The smallest absolute Gasteiger partial charge is 0.293 e. The monoisotopic (exact) mass is 404 g/mol. The number of benzene rings is 1. The lowest BCUT2D eigenvalue weighted by molar-refractivity contribution is -0.241. The van der Waals surface area contributed by atoms with Gasteiger partial charge in [-0.05, 0) is 37.0 Å². The fourth-order valence-corrected chi connectivity index (χ4v) is 3.53. The van der Waals surface area contributed by atoms with Crippen molar-refractivity contribution in [1.29, 1.82) is 0 Å². The Morgan fingerprint density at radius 1 is 0.655 bits per heavy atom. The van der Waals surface area contributed by atoms with Crippen molar-refractivity contribution in [3.8, 4) is 0 Å². The van der Waals surface area contributed by atoms with Crippen LogP contribution in [0.25, 0.3) is 0 Å². The van der Waals surface area contributed by atoms with Gasteiger partial charge in [-0.3, -0.25) is 4.89 Å². The number of rotatable bonds is 19. The SMILES string of the molecule is CCCCCCCCCCCCCCOOC(=O)c1ccc(CCCCC)cc1. The van der Waals surface area contributed by atoms with Crippen LogP contribution >= 0.6 is 0 Å². The van der Waals surface area contributed by atoms with Crippen molar-refractivity contribution < 1.29 is 14.6 Å². The summed E-state index contributed by atoms with van der Waals surface area (Å²) in [6, 6.07) is 7.68. The average Bonchev–Trinajstić information content (AvgIpc) is 2.74. The third-order valence-electron chi connectivity index (χ3n) is 5.47. The lowest BCUT2D eigenvalue weighted by Gasteiger charge is -2.05. The molecule has 0 radical (unpaired) electrons. The van der Waals surface area contributed by atoms with Crippen LogP contribution in [0.2, 0.25) is 0 Å². The lowest BCUT2D eigenvalue weighted by Crippen LogP contribution is -2.07. The van der Waals surface area contributed by atoms with Gasteiger partial charge in [-0.15, -0.1) is 0 Å². The Hall–Kier alpha value is -1.35. The van der Waals surface area contributed by atoms with Gasteiger partial charge in [0.25, 0.3) is 0 Å². The van der Waals surface area contributed by atoms with Gasteiger partial charge in [-0.1, -0.05) is 109 Å². The molecule has 0 saturated heterocycles. The van der Waals surface area contributed by atoms with Gasteiger partial charge in [0.05, 0.1) is 12.2 Å². The highest BCUT2D eigenvalue weighted by Crippen LogP contribution is 2.13. The third kappa shape index (κ3) is 14.3. The number of carbonyl (C=O) groups is 1. The molecule has 29 heavy (non-hydrogen) atoms. The normalized spacial score (nSPS) is 11.0. The molecule has 0 heterocycles. The highest BCUT2D eigenvalue weighted by Gasteiger charge is 2.08. The molecule has 0 N–H and O–H groups in total. The first kappa shape index (κ1) is 25.7. The Bertz CT molecular complexity index is 495. The molecule has 3 nitrogen and oxygen atoms in total. The summed E-state index contributed by atoms with van der Waals surface area (Å²) in [5.74, 6) is -0.399. The molecule has 0 aromatic heterocycles. The summed E-state index contributed by atoms with van der Waals surface area (Å²) in [5, 5.41) is 0. The van der Waals surface area contributed by atoms with Crippen LogP contribution in [0.1, 0.15) is 126 Å². The molecule has 0 atom stereocenters. The molecule has 0 bridgehead atoms. The van der Waals surface area contributed by atoms with E-state index in [4.69, 9.17) is 9.78 Å². The number of hydrogen-bond donors (Lipinski definition) is 0. The molecule has 0 amide bonds. The molecule has 0 spiro atoms. The first-order valence-electron chi connectivity index (χ1n) is 12.2. The van der Waals surface area contributed by atoms with Crippen molar-refractivity contribution in [2.75, 3.05) is 6.61 Å². The van der Waals surface area contributed by atoms with Crippen LogP contribution in [0.3, 0.4) is 0 Å². The molecule has 3 heteroatoms. The summed E-state index contributed by atoms with van der Waals surface area (Å²) in [7, 11) is 0. The van der Waals surface area contributed by atoms with E-state index in [0.29, 0.717) is 12.2 Å². The lowest BCUT2D eigenvalue weighted by atomic mass is 10.1. The van der Waals surface area contributed by atoms with E-state index in [1.165, 1.54) is 89.0 Å². The van der Waals surface area contributed by atoms with E-state index in [9.17, 15) is 4.79 Å². The molecular formula is C26H44O3. The second-order valence-electron chi connectivity index (χ2n) is 8.24. The summed E-state index contributed by atoms with van der Waals surface area (Å²) in [4.78, 5) is 22.0. The molecule has 0 saturated carbocycles. The van der Waals surface area contributed by atoms with Crippen molar-refractivity contribution >= 4 is 5.97 Å². The van der Waals surface area contributed by atoms with Crippen molar-refractivity contribution in [3.05, 3.63) is 35.4 Å². The minimum atomic E-state index is -0.399. The number of aryl methyl sites for hydroxylation is 1. The van der Waals surface area contributed by atoms with Crippen molar-refractivity contribution in [2.45, 2.75) is 117 Å². The number of carbonyl (C=O) groups excluding carboxylic acids is 1. The maximum absolute atomic E-state index is 12.0. The zero-order valence-corrected chi connectivity index (χ0v) is 19.1. The molecule has 1 rings (SSSR count). The van der Waals surface area contributed by atoms with Gasteiger partial charge in [0.1, 0.15) is 0 Å². The molecule has 0 unspecified atom stereocenters. The summed E-state index contributed by atoms with van der Waals surface area (Å²) in [5.41, 5.74) is 1.83. The van der Waals surface area contributed by atoms with E-state index in [-0.39, 0.29) is 0 Å². The quantitative estimate of drug-likeness (QED) is 0.132. The van der Waals surface area contributed by atoms with Crippen molar-refractivity contribution in [3.63, 3.8) is 0 Å². The summed E-state index contributed by atoms with van der Waals surface area (Å²) < 4.78 is 0. The zero-order chi connectivity index (χ0) is 21.0. The first-order chi connectivity index (χ1) is 14.3. The van der Waals surface area contributed by atoms with Crippen LogP contribution in [0.5, 0.6) is 0 Å². The summed E-state index contributed by atoms with van der Waals surface area (Å²) in [6.07, 6.45) is 20.4. The maximum Gasteiger partial charge on any atom is 0.373 e. The highest BCUT2D eigenvalue weighted by molar-refractivity contribution is 5.88. The van der Waals surface area contributed by atoms with Gasteiger partial charge in [0, 0.05) is 0 Å². The Morgan fingerprint density at radius 2 is 1.14 bits per heavy atom. The molecule has 166 valence electrons. The molecule has 0 fully saturated rings. The topological polar surface area (TPSA) is 35.5 Å². The van der Waals surface area contributed by atoms with E-state index in [1.54, 1.807) is 0 Å². The van der Waals surface area contributed by atoms with Gasteiger partial charge >= 0.3 is 5.97 Å². The number of unbranched alkanes of at least 4 members (excludes halogenated alkanes) is 13. The van der Waals surface area contributed by atoms with Crippen LogP contribution in [0.4, 0.5) is 0 Å². The van der Waals surface area contributed by atoms with Gasteiger partial charge < -0.3 is 0 Å². The Balaban J connectivity index is 1.93. The zero-order valence-electron chi connectivity index (χ0n) is 19.1. The minimum absolute atomic E-state index is 0.399. The summed E-state index contributed by atoms with van der Waals surface area (Å²) >= 11 is 0. The Kier molecular flexibility index (Phi) is 16.5. The third-order valence-corrected chi connectivity index (χ3v) is 5.47. The standard InChI is InChI=1S/C26H44O3/c1-3-5-7-8-9-10-11-12-13-14-15-17-23-28-29-26(27)25-21-19-24(20-22-25)18-16-6-4-2/h19-22H,3-18,23H2,1-2H3. The average molecular weight is 405 g/mol. The second-order valence-corrected chi connectivity index (χ2v) is 8.24. The van der Waals surface area contributed by atoms with E-state index >= 15 is 0 Å². The van der Waals surface area contributed by atoms with Crippen LogP contribution in [-0.2, 0) is 16.2 Å². The number of hydrogen-bond acceptors (Lipinski definition) is 3. The minimum Gasteiger partial charge on any atom is -0.293 e. The van der Waals surface area contributed by atoms with Crippen LogP contribution in [0, 0.1) is 0 Å². The fraction of sp³-hybridized carbons (Fsp3) is 0.731. The molecule has 0 aliphatic rings. The molecule has 1 aromatic carbocycles. The van der Waals surface area contributed by atoms with Crippen LogP contribution in [-0.4, -0.2) is 12.6 Å². The van der Waals surface area contributed by atoms with Gasteiger partial charge in [-0.2, -0.15) is 4.89 Å². The van der Waals surface area contributed by atoms with Gasteiger partial charge in [0.2, 0.25) is 0 Å². The molecule has 1 aromatic rings. The maximum atomic E-state index is 12.0. The van der Waals surface area contributed by atoms with Crippen molar-refractivity contribution in [2.24, 2.45) is 0 Å². The van der Waals surface area contributed by atoms with E-state index in [2.05, 4.69) is 13.8 Å². The van der Waals surface area contributed by atoms with Gasteiger partial charge in [-0.25, -0.2) is 4.79 Å². The van der Waals surface area contributed by atoms with E-state index in [1.807, 2.05) is 24.3 Å². The molecule has 0 aliphatic heterocycles. The van der Waals surface area contributed by atoms with E-state index < -0.39 is 5.97 Å². The van der Waals surface area contributed by atoms with E-state index in [0.717, 1.165) is 19.3 Å². The fourth-order valence-electron chi connectivity index (χ4n) is 3.53. The Labute approximate surface area is 179 Å².